The van der Waals surface area contributed by atoms with Crippen LogP contribution in [-0.4, -0.2) is 42.4 Å². The Hall–Kier alpha value is -1.99. The molecule has 0 bridgehead atoms. The third-order valence-corrected chi connectivity index (χ3v) is 2.04. The second-order valence-corrected chi connectivity index (χ2v) is 3.36. The predicted molar refractivity (Wildman–Crippen MR) is 61.2 cm³/mol. The van der Waals surface area contributed by atoms with Crippen molar-refractivity contribution in [3.05, 3.63) is 24.3 Å². The molecule has 0 heterocycles. The number of hydrogen-bond donors (Lipinski definition) is 3. The normalized spacial score (nSPS) is 13.5. The van der Waals surface area contributed by atoms with E-state index in [0.29, 0.717) is 11.5 Å². The SMILES string of the molecule is COc1ccccc1OCC(O)C(O)OC(N)=O. The van der Waals surface area contributed by atoms with Gasteiger partial charge >= 0.3 is 6.09 Å². The first-order chi connectivity index (χ1) is 8.54. The number of methoxy groups -OCH3 is 1. The van der Waals surface area contributed by atoms with Gasteiger partial charge < -0.3 is 30.2 Å². The lowest BCUT2D eigenvalue weighted by Crippen LogP contribution is -2.37. The molecule has 0 aromatic heterocycles. The van der Waals surface area contributed by atoms with E-state index in [2.05, 4.69) is 4.74 Å². The van der Waals surface area contributed by atoms with Crippen LogP contribution in [0.4, 0.5) is 4.79 Å². The van der Waals surface area contributed by atoms with Crippen molar-refractivity contribution in [3.8, 4) is 11.5 Å². The Kier molecular flexibility index (Phi) is 5.22. The van der Waals surface area contributed by atoms with Crippen molar-refractivity contribution in [1.82, 2.24) is 0 Å². The van der Waals surface area contributed by atoms with Gasteiger partial charge in [-0.1, -0.05) is 12.1 Å². The average molecular weight is 257 g/mol. The largest absolute Gasteiger partial charge is 0.493 e. The molecule has 0 fully saturated rings. The Balaban J connectivity index is 2.51. The first-order valence-corrected chi connectivity index (χ1v) is 5.12. The van der Waals surface area contributed by atoms with E-state index in [1.807, 2.05) is 0 Å². The fraction of sp³-hybridized carbons (Fsp3) is 0.364. The van der Waals surface area contributed by atoms with Gasteiger partial charge in [0.25, 0.3) is 0 Å². The predicted octanol–water partition coefficient (Wildman–Crippen LogP) is -0.151. The number of nitrogens with two attached hydrogens (primary N) is 1. The number of rotatable bonds is 6. The first kappa shape index (κ1) is 14.1. The number of benzene rings is 1. The lowest BCUT2D eigenvalue weighted by atomic mass is 10.3. The number of primary amides is 1. The number of aliphatic hydroxyl groups is 2. The van der Waals surface area contributed by atoms with Crippen molar-refractivity contribution >= 4 is 6.09 Å². The summed E-state index contributed by atoms with van der Waals surface area (Å²) in [7, 11) is 1.48. The van der Waals surface area contributed by atoms with Gasteiger partial charge in [-0.15, -0.1) is 0 Å². The second-order valence-electron chi connectivity index (χ2n) is 3.36. The van der Waals surface area contributed by atoms with Gasteiger partial charge in [-0.2, -0.15) is 0 Å². The molecule has 0 aliphatic heterocycles. The molecule has 1 rings (SSSR count). The Bertz CT molecular complexity index is 397. The van der Waals surface area contributed by atoms with Crippen LogP contribution in [0.1, 0.15) is 0 Å². The summed E-state index contributed by atoms with van der Waals surface area (Å²) in [5.41, 5.74) is 4.69. The maximum atomic E-state index is 10.4. The van der Waals surface area contributed by atoms with Gasteiger partial charge in [0.05, 0.1) is 7.11 Å². The zero-order chi connectivity index (χ0) is 13.5. The molecule has 0 saturated heterocycles. The van der Waals surface area contributed by atoms with E-state index in [-0.39, 0.29) is 6.61 Å². The molecule has 0 aliphatic carbocycles. The summed E-state index contributed by atoms with van der Waals surface area (Å²) >= 11 is 0. The molecule has 7 nitrogen and oxygen atoms in total. The van der Waals surface area contributed by atoms with E-state index >= 15 is 0 Å². The zero-order valence-corrected chi connectivity index (χ0v) is 9.78. The lowest BCUT2D eigenvalue weighted by molar-refractivity contribution is -0.132. The fourth-order valence-electron chi connectivity index (χ4n) is 1.19. The van der Waals surface area contributed by atoms with E-state index in [0.717, 1.165) is 0 Å². The molecule has 2 unspecified atom stereocenters. The topological polar surface area (TPSA) is 111 Å². The summed E-state index contributed by atoms with van der Waals surface area (Å²) in [5, 5.41) is 18.7. The number of para-hydroxylation sites is 2. The summed E-state index contributed by atoms with van der Waals surface area (Å²) < 4.78 is 14.4. The van der Waals surface area contributed by atoms with Crippen LogP contribution >= 0.6 is 0 Å². The van der Waals surface area contributed by atoms with Crippen LogP contribution in [0.15, 0.2) is 24.3 Å². The fourth-order valence-corrected chi connectivity index (χ4v) is 1.19. The molecule has 0 aliphatic rings. The van der Waals surface area contributed by atoms with E-state index in [4.69, 9.17) is 15.2 Å². The van der Waals surface area contributed by atoms with Crippen molar-refractivity contribution < 1.29 is 29.2 Å². The van der Waals surface area contributed by atoms with Gasteiger partial charge in [-0.05, 0) is 12.1 Å². The molecular formula is C11H15NO6. The highest BCUT2D eigenvalue weighted by molar-refractivity contribution is 5.64. The summed E-state index contributed by atoms with van der Waals surface area (Å²) in [6.45, 7) is -0.283. The second kappa shape index (κ2) is 6.67. The molecular weight excluding hydrogens is 242 g/mol. The number of ether oxygens (including phenoxy) is 3. The third-order valence-electron chi connectivity index (χ3n) is 2.04. The first-order valence-electron chi connectivity index (χ1n) is 5.12. The van der Waals surface area contributed by atoms with Gasteiger partial charge in [0.1, 0.15) is 12.7 Å². The smallest absolute Gasteiger partial charge is 0.406 e. The number of carbonyl (C=O) groups excluding carboxylic acids is 1. The molecule has 100 valence electrons. The van der Waals surface area contributed by atoms with Crippen LogP contribution in [0.25, 0.3) is 0 Å². The molecule has 18 heavy (non-hydrogen) atoms. The van der Waals surface area contributed by atoms with Crippen molar-refractivity contribution in [2.45, 2.75) is 12.4 Å². The Labute approximate surface area is 104 Å². The van der Waals surface area contributed by atoms with Crippen LogP contribution in [0.5, 0.6) is 11.5 Å². The summed E-state index contributed by atoms with van der Waals surface area (Å²) in [5.74, 6) is 0.875. The highest BCUT2D eigenvalue weighted by Crippen LogP contribution is 2.25. The summed E-state index contributed by atoms with van der Waals surface area (Å²) in [6, 6.07) is 6.79. The Morgan fingerprint density at radius 1 is 1.33 bits per heavy atom. The maximum Gasteiger partial charge on any atom is 0.406 e. The molecule has 1 aromatic carbocycles. The molecule has 1 aromatic rings. The van der Waals surface area contributed by atoms with E-state index in [9.17, 15) is 15.0 Å². The van der Waals surface area contributed by atoms with Crippen LogP contribution in [0.3, 0.4) is 0 Å². The quantitative estimate of drug-likeness (QED) is 0.611. The molecule has 7 heteroatoms. The standard InChI is InChI=1S/C11H15NO6/c1-16-8-4-2-3-5-9(8)17-6-7(13)10(14)18-11(12)15/h2-5,7,10,13-14H,6H2,1H3,(H2,12,15). The molecule has 2 atom stereocenters. The Morgan fingerprint density at radius 2 is 1.94 bits per heavy atom. The highest BCUT2D eigenvalue weighted by atomic mass is 16.7. The summed E-state index contributed by atoms with van der Waals surface area (Å²) in [4.78, 5) is 10.4. The molecule has 4 N–H and O–H groups in total. The highest BCUT2D eigenvalue weighted by Gasteiger charge is 2.20. The van der Waals surface area contributed by atoms with Crippen molar-refractivity contribution in [2.75, 3.05) is 13.7 Å². The minimum Gasteiger partial charge on any atom is -0.493 e. The minimum atomic E-state index is -1.74. The molecule has 0 spiro atoms. The van der Waals surface area contributed by atoms with Gasteiger partial charge in [0, 0.05) is 0 Å². The average Bonchev–Trinajstić information content (AvgIpc) is 2.35. The lowest BCUT2D eigenvalue weighted by Gasteiger charge is -2.18. The molecule has 0 saturated carbocycles. The van der Waals surface area contributed by atoms with E-state index in [1.54, 1.807) is 24.3 Å². The third kappa shape index (κ3) is 4.11. The van der Waals surface area contributed by atoms with Crippen LogP contribution < -0.4 is 15.2 Å². The van der Waals surface area contributed by atoms with E-state index < -0.39 is 18.5 Å². The summed E-state index contributed by atoms with van der Waals surface area (Å²) in [6.07, 6.45) is -4.33. The molecule has 0 radical (unpaired) electrons. The van der Waals surface area contributed by atoms with Crippen molar-refractivity contribution in [3.63, 3.8) is 0 Å². The van der Waals surface area contributed by atoms with Gasteiger partial charge in [-0.25, -0.2) is 4.79 Å². The zero-order valence-electron chi connectivity index (χ0n) is 9.78. The van der Waals surface area contributed by atoms with Crippen LogP contribution in [0, 0.1) is 0 Å². The van der Waals surface area contributed by atoms with Gasteiger partial charge in [-0.3, -0.25) is 0 Å². The van der Waals surface area contributed by atoms with Crippen molar-refractivity contribution in [1.29, 1.82) is 0 Å². The number of aliphatic hydroxyl groups excluding tert-OH is 2. The number of carbonyl (C=O) groups is 1. The van der Waals surface area contributed by atoms with Gasteiger partial charge in [0.15, 0.2) is 11.5 Å². The van der Waals surface area contributed by atoms with Crippen molar-refractivity contribution in [2.24, 2.45) is 5.73 Å². The number of amides is 1. The van der Waals surface area contributed by atoms with E-state index in [1.165, 1.54) is 7.11 Å². The van der Waals surface area contributed by atoms with Gasteiger partial charge in [0.2, 0.25) is 6.29 Å². The van der Waals surface area contributed by atoms with Crippen LogP contribution in [0.2, 0.25) is 0 Å². The minimum absolute atomic E-state index is 0.283. The number of hydrogen-bond acceptors (Lipinski definition) is 6. The Morgan fingerprint density at radius 3 is 2.50 bits per heavy atom. The van der Waals surface area contributed by atoms with Crippen LogP contribution in [-0.2, 0) is 4.74 Å². The molecule has 1 amide bonds. The maximum absolute atomic E-state index is 10.4. The monoisotopic (exact) mass is 257 g/mol.